The van der Waals surface area contributed by atoms with Crippen molar-refractivity contribution in [3.8, 4) is 6.07 Å². The molecule has 7 heteroatoms. The fraction of sp³-hybridized carbons (Fsp3) is 0.158. The molecule has 3 rings (SSSR count). The fourth-order valence-electron chi connectivity index (χ4n) is 2.43. The van der Waals surface area contributed by atoms with Crippen LogP contribution in [0.5, 0.6) is 0 Å². The minimum atomic E-state index is -0.607. The molecule has 0 radical (unpaired) electrons. The molecular formula is C19H15N3O4. The fourth-order valence-corrected chi connectivity index (χ4v) is 2.43. The van der Waals surface area contributed by atoms with Gasteiger partial charge in [-0.3, -0.25) is 9.36 Å². The zero-order valence-corrected chi connectivity index (χ0v) is 14.0. The van der Waals surface area contributed by atoms with Gasteiger partial charge < -0.3 is 9.15 Å². The van der Waals surface area contributed by atoms with Gasteiger partial charge in [-0.2, -0.15) is 5.26 Å². The maximum atomic E-state index is 12.5. The lowest BCUT2D eigenvalue weighted by atomic mass is 10.2. The summed E-state index contributed by atoms with van der Waals surface area (Å²) in [4.78, 5) is 28.7. The highest BCUT2D eigenvalue weighted by atomic mass is 16.5. The third-order valence-electron chi connectivity index (χ3n) is 3.66. The van der Waals surface area contributed by atoms with Crippen molar-refractivity contribution in [3.05, 3.63) is 70.2 Å². The number of hydrogen-bond acceptors (Lipinski definition) is 6. The molecule has 0 aliphatic heterocycles. The predicted molar refractivity (Wildman–Crippen MR) is 93.9 cm³/mol. The Hall–Kier alpha value is -3.66. The van der Waals surface area contributed by atoms with Gasteiger partial charge in [0, 0.05) is 6.08 Å². The summed E-state index contributed by atoms with van der Waals surface area (Å²) >= 11 is 0. The van der Waals surface area contributed by atoms with Gasteiger partial charge in [0.05, 0.1) is 17.0 Å². The van der Waals surface area contributed by atoms with Gasteiger partial charge in [0.25, 0.3) is 5.56 Å². The van der Waals surface area contributed by atoms with Crippen LogP contribution in [-0.2, 0) is 22.7 Å². The summed E-state index contributed by atoms with van der Waals surface area (Å²) < 4.78 is 11.7. The molecule has 2 heterocycles. The lowest BCUT2D eigenvalue weighted by Crippen LogP contribution is -2.26. The Morgan fingerprint density at radius 1 is 1.35 bits per heavy atom. The highest BCUT2D eigenvalue weighted by molar-refractivity contribution is 5.86. The first-order chi connectivity index (χ1) is 12.6. The summed E-state index contributed by atoms with van der Waals surface area (Å²) in [5.74, 6) is 0.874. The number of nitriles is 1. The second kappa shape index (κ2) is 7.49. The molecule has 0 N–H and O–H groups in total. The van der Waals surface area contributed by atoms with E-state index in [9.17, 15) is 9.59 Å². The van der Waals surface area contributed by atoms with Crippen LogP contribution < -0.4 is 5.56 Å². The number of carbonyl (C=O) groups is 1. The van der Waals surface area contributed by atoms with Gasteiger partial charge in [0.2, 0.25) is 0 Å². The average Bonchev–Trinajstić information content (AvgIpc) is 3.06. The molecule has 0 aliphatic rings. The van der Waals surface area contributed by atoms with Gasteiger partial charge in [-0.25, -0.2) is 9.78 Å². The first-order valence-corrected chi connectivity index (χ1v) is 7.85. The zero-order valence-electron chi connectivity index (χ0n) is 14.0. The molecule has 0 unspecified atom stereocenters. The van der Waals surface area contributed by atoms with Crippen LogP contribution in [-0.4, -0.2) is 15.5 Å². The van der Waals surface area contributed by atoms with E-state index >= 15 is 0 Å². The van der Waals surface area contributed by atoms with Crippen molar-refractivity contribution in [2.75, 3.05) is 0 Å². The molecule has 0 saturated heterocycles. The largest absolute Gasteiger partial charge is 0.462 e. The minimum Gasteiger partial charge on any atom is -0.462 e. The normalized spacial score (nSPS) is 10.9. The molecule has 0 saturated carbocycles. The van der Waals surface area contributed by atoms with Crippen LogP contribution in [0, 0.1) is 18.3 Å². The number of aryl methyl sites for hydroxylation is 1. The highest BCUT2D eigenvalue weighted by Crippen LogP contribution is 2.10. The number of fused-ring (bicyclic) bond motifs is 1. The van der Waals surface area contributed by atoms with Crippen molar-refractivity contribution in [1.82, 2.24) is 9.55 Å². The molecule has 0 aliphatic carbocycles. The van der Waals surface area contributed by atoms with Crippen LogP contribution >= 0.6 is 0 Å². The average molecular weight is 349 g/mol. The summed E-state index contributed by atoms with van der Waals surface area (Å²) in [5.41, 5.74) is 0.143. The van der Waals surface area contributed by atoms with E-state index in [0.29, 0.717) is 16.7 Å². The van der Waals surface area contributed by atoms with E-state index in [-0.39, 0.29) is 24.5 Å². The van der Waals surface area contributed by atoms with Crippen molar-refractivity contribution < 1.29 is 13.9 Å². The Morgan fingerprint density at radius 3 is 2.88 bits per heavy atom. The third-order valence-corrected chi connectivity index (χ3v) is 3.66. The van der Waals surface area contributed by atoms with Crippen molar-refractivity contribution in [1.29, 1.82) is 5.26 Å². The summed E-state index contributed by atoms with van der Waals surface area (Å²) in [7, 11) is 0. The number of para-hydroxylation sites is 1. The molecule has 0 atom stereocenters. The monoisotopic (exact) mass is 349 g/mol. The first kappa shape index (κ1) is 17.2. The Morgan fingerprint density at radius 2 is 2.15 bits per heavy atom. The summed E-state index contributed by atoms with van der Waals surface area (Å²) in [5, 5.41) is 9.37. The second-order valence-electron chi connectivity index (χ2n) is 5.48. The van der Waals surface area contributed by atoms with Gasteiger partial charge in [-0.1, -0.05) is 12.1 Å². The van der Waals surface area contributed by atoms with E-state index in [1.54, 1.807) is 43.3 Å². The van der Waals surface area contributed by atoms with Crippen LogP contribution in [0.25, 0.3) is 17.0 Å². The predicted octanol–water partition coefficient (Wildman–Crippen LogP) is 2.58. The smallest absolute Gasteiger partial charge is 0.331 e. The number of rotatable bonds is 5. The maximum Gasteiger partial charge on any atom is 0.331 e. The Kier molecular flexibility index (Phi) is 4.94. The number of nitrogens with zero attached hydrogens (tertiary/aromatic N) is 3. The molecule has 0 fully saturated rings. The van der Waals surface area contributed by atoms with E-state index in [2.05, 4.69) is 4.98 Å². The van der Waals surface area contributed by atoms with E-state index < -0.39 is 5.97 Å². The van der Waals surface area contributed by atoms with E-state index in [1.807, 2.05) is 6.07 Å². The topological polar surface area (TPSA) is 98.1 Å². The molecule has 130 valence electrons. The molecule has 7 nitrogen and oxygen atoms in total. The van der Waals surface area contributed by atoms with Crippen LogP contribution in [0.2, 0.25) is 0 Å². The number of furan rings is 1. The number of esters is 1. The van der Waals surface area contributed by atoms with Crippen molar-refractivity contribution in [2.45, 2.75) is 20.1 Å². The van der Waals surface area contributed by atoms with Crippen molar-refractivity contribution in [3.63, 3.8) is 0 Å². The molecule has 26 heavy (non-hydrogen) atoms. The zero-order chi connectivity index (χ0) is 18.5. The Balaban J connectivity index is 1.80. The highest BCUT2D eigenvalue weighted by Gasteiger charge is 2.12. The molecule has 0 bridgehead atoms. The van der Waals surface area contributed by atoms with Crippen LogP contribution in [0.15, 0.2) is 51.7 Å². The van der Waals surface area contributed by atoms with Crippen LogP contribution in [0.1, 0.15) is 17.3 Å². The Bertz CT molecular complexity index is 1090. The quantitative estimate of drug-likeness (QED) is 0.519. The van der Waals surface area contributed by atoms with E-state index in [4.69, 9.17) is 14.4 Å². The number of aromatic nitrogens is 2. The first-order valence-electron chi connectivity index (χ1n) is 7.85. The van der Waals surface area contributed by atoms with E-state index in [1.165, 1.54) is 16.7 Å². The summed E-state index contributed by atoms with van der Waals surface area (Å²) in [6.45, 7) is 1.41. The molecule has 1 aromatic carbocycles. The summed E-state index contributed by atoms with van der Waals surface area (Å²) in [6, 6.07) is 12.3. The summed E-state index contributed by atoms with van der Waals surface area (Å²) in [6.07, 6.45) is 2.72. The standard InChI is InChI=1S/C19H15N3O4/c1-13-6-7-14(26-13)8-9-18(23)25-12-17-21-16-5-3-2-4-15(16)19(24)22(17)11-10-20/h2-9H,11-12H2,1H3. The van der Waals surface area contributed by atoms with E-state index in [0.717, 1.165) is 5.76 Å². The molecule has 0 spiro atoms. The number of hydrogen-bond donors (Lipinski definition) is 0. The van der Waals surface area contributed by atoms with Crippen LogP contribution in [0.3, 0.4) is 0 Å². The molecular weight excluding hydrogens is 334 g/mol. The Labute approximate surface area is 148 Å². The minimum absolute atomic E-state index is 0.176. The van der Waals surface area contributed by atoms with Crippen molar-refractivity contribution >= 4 is 22.9 Å². The molecule has 2 aromatic heterocycles. The van der Waals surface area contributed by atoms with Crippen molar-refractivity contribution in [2.24, 2.45) is 0 Å². The number of ether oxygens (including phenoxy) is 1. The molecule has 0 amide bonds. The lowest BCUT2D eigenvalue weighted by Gasteiger charge is -2.10. The van der Waals surface area contributed by atoms with Gasteiger partial charge in [-0.15, -0.1) is 0 Å². The molecule has 3 aromatic rings. The third kappa shape index (κ3) is 3.70. The van der Waals surface area contributed by atoms with Gasteiger partial charge in [0.1, 0.15) is 24.7 Å². The maximum absolute atomic E-state index is 12.5. The lowest BCUT2D eigenvalue weighted by molar-refractivity contribution is -0.139. The second-order valence-corrected chi connectivity index (χ2v) is 5.48. The SMILES string of the molecule is Cc1ccc(C=CC(=O)OCc2nc3ccccc3c(=O)n2CC#N)o1. The van der Waals surface area contributed by atoms with Gasteiger partial charge in [-0.05, 0) is 37.3 Å². The van der Waals surface area contributed by atoms with Gasteiger partial charge >= 0.3 is 5.97 Å². The number of carbonyl (C=O) groups excluding carboxylic acids is 1. The van der Waals surface area contributed by atoms with Gasteiger partial charge in [0.15, 0.2) is 5.82 Å². The van der Waals surface area contributed by atoms with Crippen LogP contribution in [0.4, 0.5) is 0 Å². The number of benzene rings is 1.